The number of nitrogens with zero attached hydrogens (tertiary/aromatic N) is 2. The van der Waals surface area contributed by atoms with Crippen molar-refractivity contribution in [3.63, 3.8) is 0 Å². The minimum atomic E-state index is -0.120. The van der Waals surface area contributed by atoms with Crippen molar-refractivity contribution < 1.29 is 4.74 Å². The van der Waals surface area contributed by atoms with Gasteiger partial charge in [0.25, 0.3) is 0 Å². The Bertz CT molecular complexity index is 481. The molecule has 0 amide bonds. The predicted molar refractivity (Wildman–Crippen MR) is 66.3 cm³/mol. The first kappa shape index (κ1) is 11.2. The van der Waals surface area contributed by atoms with Gasteiger partial charge in [0.05, 0.1) is 0 Å². The lowest BCUT2D eigenvalue weighted by atomic mass is 10.1. The number of rotatable bonds is 3. The molecule has 1 aromatic carbocycles. The van der Waals surface area contributed by atoms with Crippen molar-refractivity contribution in [3.05, 3.63) is 42.0 Å². The Labute approximate surface area is 99.5 Å². The van der Waals surface area contributed by atoms with E-state index in [-0.39, 0.29) is 12.1 Å². The van der Waals surface area contributed by atoms with Gasteiger partial charge in [-0.3, -0.25) is 0 Å². The van der Waals surface area contributed by atoms with Crippen LogP contribution in [0.25, 0.3) is 0 Å². The lowest BCUT2D eigenvalue weighted by Gasteiger charge is -2.14. The fraction of sp³-hybridized carbons (Fsp3) is 0.167. The summed E-state index contributed by atoms with van der Waals surface area (Å²) in [5.74, 6) is 0.791. The van der Waals surface area contributed by atoms with Gasteiger partial charge in [0, 0.05) is 6.07 Å². The van der Waals surface area contributed by atoms with Gasteiger partial charge >= 0.3 is 0 Å². The summed E-state index contributed by atoms with van der Waals surface area (Å²) in [5, 5.41) is 0. The van der Waals surface area contributed by atoms with E-state index in [1.807, 2.05) is 37.3 Å². The molecule has 0 spiro atoms. The number of hydrogen-bond acceptors (Lipinski definition) is 5. The third-order valence-corrected chi connectivity index (χ3v) is 2.31. The zero-order valence-electron chi connectivity index (χ0n) is 9.50. The van der Waals surface area contributed by atoms with E-state index in [0.29, 0.717) is 11.7 Å². The maximum absolute atomic E-state index is 5.65. The molecule has 2 aromatic rings. The second-order valence-electron chi connectivity index (χ2n) is 3.66. The Morgan fingerprint density at radius 1 is 1.12 bits per heavy atom. The van der Waals surface area contributed by atoms with Gasteiger partial charge in [0.2, 0.25) is 11.8 Å². The molecule has 0 radical (unpaired) electrons. The fourth-order valence-electron chi connectivity index (χ4n) is 1.49. The van der Waals surface area contributed by atoms with Crippen molar-refractivity contribution in [2.24, 2.45) is 0 Å². The zero-order chi connectivity index (χ0) is 12.3. The number of nitrogens with two attached hydrogens (primary N) is 2. The van der Waals surface area contributed by atoms with Gasteiger partial charge in [-0.1, -0.05) is 30.3 Å². The molecule has 2 rings (SSSR count). The molecule has 5 heteroatoms. The molecule has 0 saturated carbocycles. The van der Waals surface area contributed by atoms with Crippen LogP contribution in [0.15, 0.2) is 36.4 Å². The summed E-state index contributed by atoms with van der Waals surface area (Å²) in [6.07, 6.45) is -0.120. The summed E-state index contributed by atoms with van der Waals surface area (Å²) in [6.45, 7) is 1.93. The van der Waals surface area contributed by atoms with Crippen LogP contribution in [0, 0.1) is 0 Å². The number of ether oxygens (including phenoxy) is 1. The van der Waals surface area contributed by atoms with E-state index in [9.17, 15) is 0 Å². The number of aromatic nitrogens is 2. The molecule has 1 atom stereocenters. The smallest absolute Gasteiger partial charge is 0.225 e. The van der Waals surface area contributed by atoms with Crippen LogP contribution >= 0.6 is 0 Å². The Morgan fingerprint density at radius 2 is 1.82 bits per heavy atom. The molecule has 0 aliphatic rings. The lowest BCUT2D eigenvalue weighted by Crippen LogP contribution is -2.07. The van der Waals surface area contributed by atoms with Crippen molar-refractivity contribution in [3.8, 4) is 5.88 Å². The highest BCUT2D eigenvalue weighted by Gasteiger charge is 2.08. The molecule has 1 aromatic heterocycles. The van der Waals surface area contributed by atoms with Crippen molar-refractivity contribution in [1.82, 2.24) is 9.97 Å². The van der Waals surface area contributed by atoms with Crippen LogP contribution in [0.2, 0.25) is 0 Å². The van der Waals surface area contributed by atoms with Crippen LogP contribution in [-0.4, -0.2) is 9.97 Å². The van der Waals surface area contributed by atoms with Gasteiger partial charge in [-0.25, -0.2) is 0 Å². The highest BCUT2D eigenvalue weighted by atomic mass is 16.5. The van der Waals surface area contributed by atoms with Crippen LogP contribution in [0.5, 0.6) is 5.88 Å². The molecule has 1 heterocycles. The molecule has 0 bridgehead atoms. The highest BCUT2D eigenvalue weighted by molar-refractivity contribution is 5.38. The summed E-state index contributed by atoms with van der Waals surface area (Å²) in [4.78, 5) is 7.74. The molecule has 0 saturated heterocycles. The van der Waals surface area contributed by atoms with Crippen molar-refractivity contribution in [2.45, 2.75) is 13.0 Å². The SMILES string of the molecule is CC(Oc1cc(N)nc(N)n1)c1ccccc1. The molecule has 17 heavy (non-hydrogen) atoms. The van der Waals surface area contributed by atoms with E-state index >= 15 is 0 Å². The summed E-state index contributed by atoms with van der Waals surface area (Å²) < 4.78 is 5.65. The number of hydrogen-bond donors (Lipinski definition) is 2. The average Bonchev–Trinajstić information content (AvgIpc) is 2.28. The largest absolute Gasteiger partial charge is 0.470 e. The maximum Gasteiger partial charge on any atom is 0.225 e. The molecule has 5 nitrogen and oxygen atoms in total. The standard InChI is InChI=1S/C12H14N4O/c1-8(9-5-3-2-4-6-9)17-11-7-10(13)15-12(14)16-11/h2-8H,1H3,(H4,13,14,15,16). The minimum absolute atomic E-state index is 0.111. The summed E-state index contributed by atoms with van der Waals surface area (Å²) in [5.41, 5.74) is 12.1. The normalized spacial score (nSPS) is 12.1. The first-order valence-electron chi connectivity index (χ1n) is 5.27. The fourth-order valence-corrected chi connectivity index (χ4v) is 1.49. The van der Waals surface area contributed by atoms with Gasteiger partial charge in [0.1, 0.15) is 11.9 Å². The summed E-state index contributed by atoms with van der Waals surface area (Å²) >= 11 is 0. The quantitative estimate of drug-likeness (QED) is 0.839. The van der Waals surface area contributed by atoms with Crippen LogP contribution < -0.4 is 16.2 Å². The first-order chi connectivity index (χ1) is 8.15. The van der Waals surface area contributed by atoms with Crippen molar-refractivity contribution >= 4 is 11.8 Å². The third kappa shape index (κ3) is 2.84. The highest BCUT2D eigenvalue weighted by Crippen LogP contribution is 2.21. The van der Waals surface area contributed by atoms with Gasteiger partial charge in [-0.2, -0.15) is 9.97 Å². The molecule has 1 unspecified atom stereocenters. The number of benzene rings is 1. The molecule has 0 fully saturated rings. The molecular weight excluding hydrogens is 216 g/mol. The Balaban J connectivity index is 2.16. The Kier molecular flexibility index (Phi) is 3.09. The van der Waals surface area contributed by atoms with E-state index in [2.05, 4.69) is 9.97 Å². The van der Waals surface area contributed by atoms with E-state index in [1.165, 1.54) is 0 Å². The van der Waals surface area contributed by atoms with E-state index in [0.717, 1.165) is 5.56 Å². The molecular formula is C12H14N4O. The zero-order valence-corrected chi connectivity index (χ0v) is 9.50. The predicted octanol–water partition coefficient (Wildman–Crippen LogP) is 1.78. The van der Waals surface area contributed by atoms with Crippen LogP contribution in [0.1, 0.15) is 18.6 Å². The summed E-state index contributed by atoms with van der Waals surface area (Å²) in [6, 6.07) is 11.4. The number of nitrogen functional groups attached to an aromatic ring is 2. The van der Waals surface area contributed by atoms with Crippen LogP contribution in [-0.2, 0) is 0 Å². The number of anilines is 2. The topological polar surface area (TPSA) is 87.0 Å². The van der Waals surface area contributed by atoms with Crippen LogP contribution in [0.3, 0.4) is 0 Å². The van der Waals surface area contributed by atoms with Crippen molar-refractivity contribution in [1.29, 1.82) is 0 Å². The van der Waals surface area contributed by atoms with Gasteiger partial charge in [-0.15, -0.1) is 0 Å². The van der Waals surface area contributed by atoms with Gasteiger partial charge < -0.3 is 16.2 Å². The van der Waals surface area contributed by atoms with Gasteiger partial charge in [0.15, 0.2) is 0 Å². The van der Waals surface area contributed by atoms with E-state index in [4.69, 9.17) is 16.2 Å². The van der Waals surface area contributed by atoms with Crippen molar-refractivity contribution in [2.75, 3.05) is 11.5 Å². The van der Waals surface area contributed by atoms with Crippen LogP contribution in [0.4, 0.5) is 11.8 Å². The third-order valence-electron chi connectivity index (χ3n) is 2.31. The minimum Gasteiger partial charge on any atom is -0.470 e. The molecule has 0 aliphatic heterocycles. The summed E-state index contributed by atoms with van der Waals surface area (Å²) in [7, 11) is 0. The maximum atomic E-state index is 5.65. The van der Waals surface area contributed by atoms with E-state index < -0.39 is 0 Å². The van der Waals surface area contributed by atoms with Gasteiger partial charge in [-0.05, 0) is 12.5 Å². The lowest BCUT2D eigenvalue weighted by molar-refractivity contribution is 0.217. The Hall–Kier alpha value is -2.30. The van der Waals surface area contributed by atoms with E-state index in [1.54, 1.807) is 6.07 Å². The Morgan fingerprint density at radius 3 is 2.47 bits per heavy atom. The monoisotopic (exact) mass is 230 g/mol. The molecule has 88 valence electrons. The second-order valence-corrected chi connectivity index (χ2v) is 3.66. The molecule has 4 N–H and O–H groups in total. The second kappa shape index (κ2) is 4.69. The average molecular weight is 230 g/mol. The first-order valence-corrected chi connectivity index (χ1v) is 5.27. The molecule has 0 aliphatic carbocycles.